The Morgan fingerprint density at radius 3 is 1.52 bits per heavy atom. The van der Waals surface area contributed by atoms with Gasteiger partial charge < -0.3 is 17.9 Å². The van der Waals surface area contributed by atoms with E-state index in [1.165, 1.54) is 11.1 Å². The summed E-state index contributed by atoms with van der Waals surface area (Å²) in [4.78, 5) is 0. The summed E-state index contributed by atoms with van der Waals surface area (Å²) in [6.07, 6.45) is 9.00. The van der Waals surface area contributed by atoms with Crippen LogP contribution >= 0.6 is 16.2 Å². The van der Waals surface area contributed by atoms with Gasteiger partial charge in [0.2, 0.25) is 0 Å². The van der Waals surface area contributed by atoms with E-state index in [4.69, 9.17) is 22.4 Å². The van der Waals surface area contributed by atoms with Crippen LogP contribution in [0.1, 0.15) is 85.9 Å². The Morgan fingerprint density at radius 1 is 0.652 bits per heavy atom. The average molecular weight is 657 g/mol. The number of ether oxygens (including phenoxy) is 2. The van der Waals surface area contributed by atoms with Gasteiger partial charge in [0, 0.05) is 22.1 Å². The maximum Gasteiger partial charge on any atom is 0.387 e. The Hall–Kier alpha value is -3.23. The Morgan fingerprint density at radius 2 is 1.11 bits per heavy atom. The third-order valence-electron chi connectivity index (χ3n) is 9.17. The molecule has 5 nitrogen and oxygen atoms in total. The fourth-order valence-corrected chi connectivity index (χ4v) is 11.4. The third kappa shape index (κ3) is 7.18. The van der Waals surface area contributed by atoms with Crippen LogP contribution in [0.5, 0.6) is 11.5 Å². The minimum atomic E-state index is -1.72. The second kappa shape index (κ2) is 15.6. The number of hydrogen-bond donors (Lipinski definition) is 0. The van der Waals surface area contributed by atoms with Crippen molar-refractivity contribution in [1.29, 1.82) is 0 Å². The zero-order valence-electron chi connectivity index (χ0n) is 27.5. The number of methoxy groups -OCH3 is 2. The predicted octanol–water partition coefficient (Wildman–Crippen LogP) is 12.1. The Bertz CT molecular complexity index is 1640. The maximum absolute atomic E-state index is 6.88. The van der Waals surface area contributed by atoms with Crippen LogP contribution in [-0.2, 0) is 12.8 Å². The normalized spacial score (nSPS) is 17.9. The molecule has 242 valence electrons. The lowest BCUT2D eigenvalue weighted by atomic mass is 10.00. The van der Waals surface area contributed by atoms with E-state index in [0.29, 0.717) is 17.7 Å². The van der Waals surface area contributed by atoms with Crippen molar-refractivity contribution < 1.29 is 22.4 Å². The van der Waals surface area contributed by atoms with Gasteiger partial charge in [0.05, 0.1) is 20.6 Å². The minimum Gasteiger partial charge on any atom is -0.497 e. The highest BCUT2D eigenvalue weighted by atomic mass is 31.1. The molecule has 5 aromatic rings. The fraction of sp³-hybridized carbons (Fsp3) is 0.385. The van der Waals surface area contributed by atoms with Crippen molar-refractivity contribution in [3.8, 4) is 11.5 Å². The first-order chi connectivity index (χ1) is 22.6. The van der Waals surface area contributed by atoms with Crippen LogP contribution < -0.4 is 14.0 Å². The molecule has 1 aliphatic heterocycles. The number of hydrogen-bond acceptors (Lipinski definition) is 5. The summed E-state index contributed by atoms with van der Waals surface area (Å²) < 4.78 is 32.2. The van der Waals surface area contributed by atoms with E-state index in [2.05, 4.69) is 98.8 Å². The van der Waals surface area contributed by atoms with Gasteiger partial charge in [0.15, 0.2) is 0 Å². The summed E-state index contributed by atoms with van der Waals surface area (Å²) in [5.41, 5.74) is 7.68. The molecule has 0 radical (unpaired) electrons. The van der Waals surface area contributed by atoms with E-state index >= 15 is 0 Å². The van der Waals surface area contributed by atoms with Crippen molar-refractivity contribution in [1.82, 2.24) is 0 Å². The highest BCUT2D eigenvalue weighted by Gasteiger charge is 2.38. The highest BCUT2D eigenvalue weighted by Crippen LogP contribution is 2.70. The fourth-order valence-electron chi connectivity index (χ4n) is 6.72. The summed E-state index contributed by atoms with van der Waals surface area (Å²) in [6, 6.07) is 30.4. The third-order valence-corrected chi connectivity index (χ3v) is 13.5. The van der Waals surface area contributed by atoms with E-state index in [-0.39, 0.29) is 0 Å². The summed E-state index contributed by atoms with van der Waals surface area (Å²) in [5.74, 6) is 1.63. The van der Waals surface area contributed by atoms with Crippen molar-refractivity contribution >= 4 is 38.1 Å². The molecule has 0 spiro atoms. The van der Waals surface area contributed by atoms with Crippen molar-refractivity contribution in [2.24, 2.45) is 0 Å². The number of aryl methyl sites for hydroxylation is 2. The van der Waals surface area contributed by atoms with Crippen molar-refractivity contribution in [3.63, 3.8) is 0 Å². The molecule has 4 aromatic carbocycles. The zero-order valence-corrected chi connectivity index (χ0v) is 29.3. The Kier molecular flexibility index (Phi) is 11.1. The molecule has 1 saturated heterocycles. The lowest BCUT2D eigenvalue weighted by Crippen LogP contribution is -2.02. The molecule has 2 atom stereocenters. The monoisotopic (exact) mass is 656 g/mol. The molecule has 2 unspecified atom stereocenters. The maximum atomic E-state index is 6.88. The second-order valence-electron chi connectivity index (χ2n) is 12.1. The number of rotatable bonds is 13. The van der Waals surface area contributed by atoms with Gasteiger partial charge in [-0.05, 0) is 85.0 Å². The smallest absolute Gasteiger partial charge is 0.387 e. The van der Waals surface area contributed by atoms with E-state index in [1.54, 1.807) is 14.2 Å². The Balaban J connectivity index is 1.50. The van der Waals surface area contributed by atoms with Crippen LogP contribution in [0.25, 0.3) is 21.9 Å². The lowest BCUT2D eigenvalue weighted by molar-refractivity contribution is 0.414. The molecule has 0 aliphatic carbocycles. The van der Waals surface area contributed by atoms with Crippen LogP contribution in [0.4, 0.5) is 0 Å². The molecular weight excluding hydrogens is 610 g/mol. The number of benzene rings is 4. The Labute approximate surface area is 275 Å². The molecule has 46 heavy (non-hydrogen) atoms. The molecule has 0 saturated carbocycles. The first-order valence-corrected chi connectivity index (χ1v) is 19.5. The standard InChI is InChI=1S/C39H46O5P2/c1-5-7-15-30-23-32(40-3)25-34-35-26-33(41-4)24-31(16-8-6-2)39(35)44-46(43-38(30)34)42-27-45-36(28-17-11-9-12-18-28)21-22-37(45)29-19-13-10-14-20-29/h9-14,17-20,23-26,36-37H,5-8,15-16,21-22,27H2,1-4H3. The van der Waals surface area contributed by atoms with E-state index in [1.807, 2.05) is 0 Å². The number of fused-ring (bicyclic) bond motifs is 3. The summed E-state index contributed by atoms with van der Waals surface area (Å²) in [7, 11) is 1.19. The van der Waals surface area contributed by atoms with E-state index < -0.39 is 16.2 Å². The van der Waals surface area contributed by atoms with Gasteiger partial charge in [-0.2, -0.15) is 0 Å². The van der Waals surface area contributed by atoms with Gasteiger partial charge in [-0.1, -0.05) is 95.3 Å². The molecule has 0 bridgehead atoms. The quantitative estimate of drug-likeness (QED) is 0.118. The number of unbranched alkanes of at least 4 members (excludes halogenated alkanes) is 2. The van der Waals surface area contributed by atoms with Gasteiger partial charge in [0.25, 0.3) is 0 Å². The van der Waals surface area contributed by atoms with Gasteiger partial charge in [0.1, 0.15) is 22.7 Å². The summed E-state index contributed by atoms with van der Waals surface area (Å²) in [6.45, 7) is 4.43. The van der Waals surface area contributed by atoms with E-state index in [0.717, 1.165) is 95.9 Å². The largest absolute Gasteiger partial charge is 0.497 e. The van der Waals surface area contributed by atoms with Gasteiger partial charge in [-0.25, -0.2) is 0 Å². The zero-order chi connectivity index (χ0) is 31.9. The molecule has 7 heteroatoms. The molecule has 1 fully saturated rings. The molecule has 0 amide bonds. The summed E-state index contributed by atoms with van der Waals surface area (Å²) >= 11 is 0. The first-order valence-electron chi connectivity index (χ1n) is 16.7. The van der Waals surface area contributed by atoms with Crippen molar-refractivity contribution in [2.45, 2.75) is 76.5 Å². The van der Waals surface area contributed by atoms with Gasteiger partial charge in [-0.15, -0.1) is 0 Å². The topological polar surface area (TPSA) is 54.0 Å². The van der Waals surface area contributed by atoms with Gasteiger partial charge in [-0.3, -0.25) is 4.52 Å². The molecule has 2 heterocycles. The van der Waals surface area contributed by atoms with Crippen LogP contribution in [0.3, 0.4) is 0 Å². The van der Waals surface area contributed by atoms with Crippen LogP contribution in [0.15, 0.2) is 93.3 Å². The summed E-state index contributed by atoms with van der Waals surface area (Å²) in [5, 5.41) is 1.95. The van der Waals surface area contributed by atoms with Crippen LogP contribution in [-0.4, -0.2) is 20.6 Å². The molecule has 6 rings (SSSR count). The average Bonchev–Trinajstić information content (AvgIpc) is 3.46. The van der Waals surface area contributed by atoms with Crippen LogP contribution in [0, 0.1) is 0 Å². The molecule has 1 aromatic heterocycles. The second-order valence-corrected chi connectivity index (χ2v) is 15.7. The van der Waals surface area contributed by atoms with Crippen LogP contribution in [0.2, 0.25) is 0 Å². The minimum absolute atomic E-state index is 0.469. The SMILES string of the molecule is CCCCc1cc(OC)cc2c1op(OCP1C(c3ccccc3)CCC1c1ccccc1)oc1c(CCCC)cc(OC)cc12. The first kappa shape index (κ1) is 32.7. The lowest BCUT2D eigenvalue weighted by Gasteiger charge is -2.25. The van der Waals surface area contributed by atoms with Crippen molar-refractivity contribution in [3.05, 3.63) is 107 Å². The predicted molar refractivity (Wildman–Crippen MR) is 193 cm³/mol. The molecular formula is C39H46O5P2. The van der Waals surface area contributed by atoms with Crippen molar-refractivity contribution in [2.75, 3.05) is 20.6 Å². The van der Waals surface area contributed by atoms with Gasteiger partial charge >= 0.3 is 8.24 Å². The molecule has 1 aliphatic rings. The molecule has 0 N–H and O–H groups in total. The van der Waals surface area contributed by atoms with E-state index in [9.17, 15) is 0 Å². The highest BCUT2D eigenvalue weighted by molar-refractivity contribution is 7.59.